The molecule has 0 amide bonds. The zero-order valence-electron chi connectivity index (χ0n) is 12.2. The Morgan fingerprint density at radius 2 is 1.89 bits per heavy atom. The van der Waals surface area contributed by atoms with E-state index in [1.54, 1.807) is 0 Å². The summed E-state index contributed by atoms with van der Waals surface area (Å²) in [5.74, 6) is -0.844. The lowest BCUT2D eigenvalue weighted by Gasteiger charge is -2.42. The number of sulfone groups is 1. The molecule has 0 aromatic rings. The van der Waals surface area contributed by atoms with E-state index in [9.17, 15) is 13.2 Å². The lowest BCUT2D eigenvalue weighted by atomic mass is 10.0. The molecule has 1 fully saturated rings. The fourth-order valence-electron chi connectivity index (χ4n) is 2.98. The molecule has 1 saturated carbocycles. The monoisotopic (exact) mass is 291 g/mol. The number of carboxylic acid groups (broad SMARTS) is 1. The van der Waals surface area contributed by atoms with Crippen molar-refractivity contribution in [3.8, 4) is 0 Å². The van der Waals surface area contributed by atoms with E-state index in [0.717, 1.165) is 12.8 Å². The Hall–Kier alpha value is -0.620. The number of carboxylic acids is 1. The van der Waals surface area contributed by atoms with Crippen LogP contribution in [0.5, 0.6) is 0 Å². The molecule has 0 saturated heterocycles. The standard InChI is InChI=1S/C13H25NO4S/c1-13(2,3)14(9-8-12(15)16)10-6-5-7-11(10)19(4,17)18/h10-11H,5-9H2,1-4H3,(H,15,16). The number of aliphatic carboxylic acids is 1. The van der Waals surface area contributed by atoms with Gasteiger partial charge in [-0.15, -0.1) is 0 Å². The van der Waals surface area contributed by atoms with Gasteiger partial charge in [-0.2, -0.15) is 0 Å². The molecule has 0 heterocycles. The lowest BCUT2D eigenvalue weighted by Crippen LogP contribution is -2.53. The zero-order valence-corrected chi connectivity index (χ0v) is 13.0. The molecule has 5 nitrogen and oxygen atoms in total. The topological polar surface area (TPSA) is 74.7 Å². The first-order chi connectivity index (χ1) is 8.53. The van der Waals surface area contributed by atoms with Gasteiger partial charge < -0.3 is 5.11 Å². The predicted molar refractivity (Wildman–Crippen MR) is 75.0 cm³/mol. The molecule has 112 valence electrons. The summed E-state index contributed by atoms with van der Waals surface area (Å²) in [6.07, 6.45) is 3.73. The maximum absolute atomic E-state index is 11.9. The molecule has 1 rings (SSSR count). The van der Waals surface area contributed by atoms with Crippen LogP contribution in [0.15, 0.2) is 0 Å². The fraction of sp³-hybridized carbons (Fsp3) is 0.923. The van der Waals surface area contributed by atoms with Crippen LogP contribution in [0.25, 0.3) is 0 Å². The fourth-order valence-corrected chi connectivity index (χ4v) is 4.43. The maximum atomic E-state index is 11.9. The van der Waals surface area contributed by atoms with Gasteiger partial charge in [0, 0.05) is 24.4 Å². The van der Waals surface area contributed by atoms with Crippen LogP contribution in [-0.2, 0) is 14.6 Å². The van der Waals surface area contributed by atoms with Gasteiger partial charge in [-0.3, -0.25) is 9.69 Å². The Kier molecular flexibility index (Phi) is 5.01. The second kappa shape index (κ2) is 5.79. The highest BCUT2D eigenvalue weighted by molar-refractivity contribution is 7.91. The van der Waals surface area contributed by atoms with Crippen molar-refractivity contribution in [3.63, 3.8) is 0 Å². The van der Waals surface area contributed by atoms with Crippen LogP contribution in [0, 0.1) is 0 Å². The maximum Gasteiger partial charge on any atom is 0.304 e. The highest BCUT2D eigenvalue weighted by Crippen LogP contribution is 2.33. The van der Waals surface area contributed by atoms with Crippen molar-refractivity contribution in [2.75, 3.05) is 12.8 Å². The molecule has 6 heteroatoms. The van der Waals surface area contributed by atoms with E-state index >= 15 is 0 Å². The molecular formula is C13H25NO4S. The van der Waals surface area contributed by atoms with Gasteiger partial charge in [0.25, 0.3) is 0 Å². The molecule has 2 unspecified atom stereocenters. The van der Waals surface area contributed by atoms with Gasteiger partial charge >= 0.3 is 5.97 Å². The average molecular weight is 291 g/mol. The first-order valence-electron chi connectivity index (χ1n) is 6.71. The summed E-state index contributed by atoms with van der Waals surface area (Å²) in [7, 11) is -3.08. The molecule has 0 radical (unpaired) electrons. The minimum absolute atomic E-state index is 0.0459. The van der Waals surface area contributed by atoms with E-state index in [1.807, 2.05) is 20.8 Å². The smallest absolute Gasteiger partial charge is 0.304 e. The van der Waals surface area contributed by atoms with Gasteiger partial charge in [0.15, 0.2) is 9.84 Å². The first kappa shape index (κ1) is 16.4. The van der Waals surface area contributed by atoms with Crippen LogP contribution in [0.1, 0.15) is 46.5 Å². The van der Waals surface area contributed by atoms with Crippen molar-refractivity contribution >= 4 is 15.8 Å². The van der Waals surface area contributed by atoms with Crippen molar-refractivity contribution in [1.82, 2.24) is 4.90 Å². The van der Waals surface area contributed by atoms with Crippen molar-refractivity contribution in [3.05, 3.63) is 0 Å². The van der Waals surface area contributed by atoms with Crippen LogP contribution in [0.4, 0.5) is 0 Å². The summed E-state index contributed by atoms with van der Waals surface area (Å²) in [4.78, 5) is 12.8. The van der Waals surface area contributed by atoms with E-state index in [0.29, 0.717) is 13.0 Å². The minimum Gasteiger partial charge on any atom is -0.481 e. The van der Waals surface area contributed by atoms with Crippen LogP contribution < -0.4 is 0 Å². The van der Waals surface area contributed by atoms with E-state index in [-0.39, 0.29) is 23.3 Å². The number of rotatable bonds is 5. The Balaban J connectivity index is 2.94. The second-order valence-electron chi connectivity index (χ2n) is 6.37. The van der Waals surface area contributed by atoms with Gasteiger partial charge in [0.2, 0.25) is 0 Å². The zero-order chi connectivity index (χ0) is 14.8. The Morgan fingerprint density at radius 3 is 2.32 bits per heavy atom. The highest BCUT2D eigenvalue weighted by Gasteiger charge is 2.41. The van der Waals surface area contributed by atoms with E-state index < -0.39 is 15.8 Å². The number of carbonyl (C=O) groups is 1. The molecule has 0 aromatic heterocycles. The summed E-state index contributed by atoms with van der Waals surface area (Å²) in [6, 6.07) is -0.0608. The van der Waals surface area contributed by atoms with Gasteiger partial charge in [0.1, 0.15) is 0 Å². The Bertz CT molecular complexity index is 424. The van der Waals surface area contributed by atoms with Crippen LogP contribution in [0.2, 0.25) is 0 Å². The first-order valence-corrected chi connectivity index (χ1v) is 8.66. The van der Waals surface area contributed by atoms with Crippen molar-refractivity contribution in [2.24, 2.45) is 0 Å². The Morgan fingerprint density at radius 1 is 1.32 bits per heavy atom. The molecule has 2 atom stereocenters. The van der Waals surface area contributed by atoms with Crippen molar-refractivity contribution in [1.29, 1.82) is 0 Å². The summed E-state index contributed by atoms with van der Waals surface area (Å²) < 4.78 is 23.7. The van der Waals surface area contributed by atoms with Gasteiger partial charge in [0.05, 0.1) is 11.7 Å². The van der Waals surface area contributed by atoms with Crippen LogP contribution >= 0.6 is 0 Å². The average Bonchev–Trinajstić information content (AvgIpc) is 2.63. The minimum atomic E-state index is -3.08. The van der Waals surface area contributed by atoms with E-state index in [1.165, 1.54) is 6.26 Å². The normalized spacial score (nSPS) is 24.9. The quantitative estimate of drug-likeness (QED) is 0.831. The van der Waals surface area contributed by atoms with Gasteiger partial charge in [-0.05, 0) is 33.6 Å². The summed E-state index contributed by atoms with van der Waals surface area (Å²) in [5, 5.41) is 8.49. The van der Waals surface area contributed by atoms with Gasteiger partial charge in [-0.25, -0.2) is 8.42 Å². The molecule has 0 bridgehead atoms. The lowest BCUT2D eigenvalue weighted by molar-refractivity contribution is -0.137. The largest absolute Gasteiger partial charge is 0.481 e. The number of hydrogen-bond donors (Lipinski definition) is 1. The second-order valence-corrected chi connectivity index (χ2v) is 8.64. The molecule has 0 aromatic carbocycles. The summed E-state index contributed by atoms with van der Waals surface area (Å²) >= 11 is 0. The molecule has 1 aliphatic rings. The number of nitrogens with zero attached hydrogens (tertiary/aromatic N) is 1. The Labute approximate surface area is 115 Å². The third kappa shape index (κ3) is 4.45. The summed E-state index contributed by atoms with van der Waals surface area (Å²) in [6.45, 7) is 6.42. The van der Waals surface area contributed by atoms with E-state index in [4.69, 9.17) is 5.11 Å². The third-order valence-corrected chi connectivity index (χ3v) is 5.45. The highest BCUT2D eigenvalue weighted by atomic mass is 32.2. The van der Waals surface area contributed by atoms with Crippen LogP contribution in [0.3, 0.4) is 0 Å². The van der Waals surface area contributed by atoms with Gasteiger partial charge in [-0.1, -0.05) is 6.42 Å². The van der Waals surface area contributed by atoms with Crippen molar-refractivity contribution < 1.29 is 18.3 Å². The van der Waals surface area contributed by atoms with Crippen molar-refractivity contribution in [2.45, 2.75) is 63.3 Å². The molecule has 0 aliphatic heterocycles. The predicted octanol–water partition coefficient (Wildman–Crippen LogP) is 1.53. The molecule has 1 N–H and O–H groups in total. The van der Waals surface area contributed by atoms with Crippen LogP contribution in [-0.4, -0.2) is 54.0 Å². The van der Waals surface area contributed by atoms with E-state index in [2.05, 4.69) is 4.90 Å². The third-order valence-electron chi connectivity index (χ3n) is 3.80. The molecule has 0 spiro atoms. The SMILES string of the molecule is CC(C)(C)N(CCC(=O)O)C1CCCC1S(C)(=O)=O. The summed E-state index contributed by atoms with van der Waals surface area (Å²) in [5.41, 5.74) is -0.229. The molecule has 19 heavy (non-hydrogen) atoms. The molecular weight excluding hydrogens is 266 g/mol. The molecule has 1 aliphatic carbocycles. The number of hydrogen-bond acceptors (Lipinski definition) is 4.